The van der Waals surface area contributed by atoms with Crippen LogP contribution < -0.4 is 10.1 Å². The molecule has 0 unspecified atom stereocenters. The molecule has 0 saturated heterocycles. The fraction of sp³-hybridized carbons (Fsp3) is 0.647. The molecule has 1 saturated carbocycles. The molecule has 1 aliphatic carbocycles. The summed E-state index contributed by atoms with van der Waals surface area (Å²) in [6, 6.07) is 4.98. The van der Waals surface area contributed by atoms with Gasteiger partial charge >= 0.3 is 0 Å². The lowest BCUT2D eigenvalue weighted by Crippen LogP contribution is -2.19. The van der Waals surface area contributed by atoms with E-state index in [-0.39, 0.29) is 11.9 Å². The van der Waals surface area contributed by atoms with E-state index in [0.29, 0.717) is 18.9 Å². The largest absolute Gasteiger partial charge is 0.490 e. The van der Waals surface area contributed by atoms with Gasteiger partial charge in [-0.15, -0.1) is 0 Å². The maximum absolute atomic E-state index is 13.7. The molecule has 0 spiro atoms. The van der Waals surface area contributed by atoms with Crippen LogP contribution in [0.25, 0.3) is 0 Å². The summed E-state index contributed by atoms with van der Waals surface area (Å²) in [6.07, 6.45) is 7.41. The van der Waals surface area contributed by atoms with E-state index in [1.165, 1.54) is 31.7 Å². The van der Waals surface area contributed by atoms with Crippen molar-refractivity contribution in [3.05, 3.63) is 29.6 Å². The molecule has 4 heteroatoms. The zero-order chi connectivity index (χ0) is 14.9. The zero-order valence-corrected chi connectivity index (χ0v) is 12.9. The number of methoxy groups -OCH3 is 1. The Kier molecular flexibility index (Phi) is 6.96. The first-order valence-corrected chi connectivity index (χ1v) is 7.93. The van der Waals surface area contributed by atoms with Gasteiger partial charge in [0.05, 0.1) is 12.7 Å². The first-order valence-electron chi connectivity index (χ1n) is 7.93. The lowest BCUT2D eigenvalue weighted by molar-refractivity contribution is 0.183. The Morgan fingerprint density at radius 3 is 2.62 bits per heavy atom. The van der Waals surface area contributed by atoms with Crippen LogP contribution in [0.4, 0.5) is 4.39 Å². The lowest BCUT2D eigenvalue weighted by atomic mass is 10.1. The first-order chi connectivity index (χ1) is 10.3. The third kappa shape index (κ3) is 6.02. The SMILES string of the molecule is COCCNCc1cc(F)cc(OC2CCCCCC2)c1. The van der Waals surface area contributed by atoms with E-state index >= 15 is 0 Å². The Balaban J connectivity index is 1.90. The van der Waals surface area contributed by atoms with Gasteiger partial charge in [-0.05, 0) is 43.4 Å². The van der Waals surface area contributed by atoms with Gasteiger partial charge in [0.1, 0.15) is 11.6 Å². The molecule has 0 heterocycles. The smallest absolute Gasteiger partial charge is 0.127 e. The molecule has 0 amide bonds. The standard InChI is InChI=1S/C17H26FNO2/c1-20-9-8-19-13-14-10-15(18)12-17(11-14)21-16-6-4-2-3-5-7-16/h10-12,16,19H,2-9,13H2,1H3. The van der Waals surface area contributed by atoms with E-state index < -0.39 is 0 Å². The summed E-state index contributed by atoms with van der Waals surface area (Å²) in [5.41, 5.74) is 0.912. The molecular formula is C17H26FNO2. The fourth-order valence-electron chi connectivity index (χ4n) is 2.75. The average Bonchev–Trinajstić information content (AvgIpc) is 2.72. The van der Waals surface area contributed by atoms with Crippen LogP contribution in [-0.4, -0.2) is 26.4 Å². The number of nitrogens with one attached hydrogen (secondary N) is 1. The Labute approximate surface area is 126 Å². The van der Waals surface area contributed by atoms with Crippen LogP contribution >= 0.6 is 0 Å². The monoisotopic (exact) mass is 295 g/mol. The van der Waals surface area contributed by atoms with Crippen molar-refractivity contribution in [3.8, 4) is 5.75 Å². The topological polar surface area (TPSA) is 30.5 Å². The molecule has 1 aliphatic rings. The third-order valence-electron chi connectivity index (χ3n) is 3.85. The molecule has 0 atom stereocenters. The maximum atomic E-state index is 13.7. The van der Waals surface area contributed by atoms with Gasteiger partial charge in [-0.25, -0.2) is 4.39 Å². The number of hydrogen-bond acceptors (Lipinski definition) is 3. The van der Waals surface area contributed by atoms with Gasteiger partial charge in [0.2, 0.25) is 0 Å². The summed E-state index contributed by atoms with van der Waals surface area (Å²) in [5.74, 6) is 0.426. The molecule has 1 aromatic carbocycles. The van der Waals surface area contributed by atoms with Crippen molar-refractivity contribution in [1.29, 1.82) is 0 Å². The summed E-state index contributed by atoms with van der Waals surface area (Å²) >= 11 is 0. The van der Waals surface area contributed by atoms with E-state index in [9.17, 15) is 4.39 Å². The molecule has 1 aromatic rings. The summed E-state index contributed by atoms with van der Waals surface area (Å²) in [7, 11) is 1.67. The molecule has 0 aromatic heterocycles. The van der Waals surface area contributed by atoms with Crippen LogP contribution in [0.15, 0.2) is 18.2 Å². The van der Waals surface area contributed by atoms with Gasteiger partial charge < -0.3 is 14.8 Å². The minimum Gasteiger partial charge on any atom is -0.490 e. The number of hydrogen-bond donors (Lipinski definition) is 1. The maximum Gasteiger partial charge on any atom is 0.127 e. The van der Waals surface area contributed by atoms with E-state index in [1.54, 1.807) is 13.2 Å². The molecule has 21 heavy (non-hydrogen) atoms. The van der Waals surface area contributed by atoms with Gasteiger partial charge in [0.25, 0.3) is 0 Å². The number of rotatable bonds is 7. The van der Waals surface area contributed by atoms with Gasteiger partial charge in [-0.2, -0.15) is 0 Å². The number of benzene rings is 1. The summed E-state index contributed by atoms with van der Waals surface area (Å²) < 4.78 is 24.7. The van der Waals surface area contributed by atoms with Crippen LogP contribution in [0.2, 0.25) is 0 Å². The molecule has 0 bridgehead atoms. The fourth-order valence-corrected chi connectivity index (χ4v) is 2.75. The van der Waals surface area contributed by atoms with Crippen molar-refractivity contribution in [2.24, 2.45) is 0 Å². The predicted octanol–water partition coefficient (Wildman–Crippen LogP) is 3.66. The van der Waals surface area contributed by atoms with Crippen molar-refractivity contribution in [2.75, 3.05) is 20.3 Å². The van der Waals surface area contributed by atoms with Gasteiger partial charge in [0, 0.05) is 26.3 Å². The summed E-state index contributed by atoms with van der Waals surface area (Å²) in [4.78, 5) is 0. The highest BCUT2D eigenvalue weighted by Crippen LogP contribution is 2.24. The van der Waals surface area contributed by atoms with Crippen molar-refractivity contribution >= 4 is 0 Å². The quantitative estimate of drug-likeness (QED) is 0.615. The Morgan fingerprint density at radius 1 is 1.14 bits per heavy atom. The van der Waals surface area contributed by atoms with E-state index in [4.69, 9.17) is 9.47 Å². The highest BCUT2D eigenvalue weighted by atomic mass is 19.1. The molecule has 0 radical (unpaired) electrons. The lowest BCUT2D eigenvalue weighted by Gasteiger charge is -2.17. The molecule has 1 N–H and O–H groups in total. The van der Waals surface area contributed by atoms with Gasteiger partial charge in [0.15, 0.2) is 0 Å². The highest BCUT2D eigenvalue weighted by molar-refractivity contribution is 5.29. The first kappa shape index (κ1) is 16.2. The molecular weight excluding hydrogens is 269 g/mol. The number of halogens is 1. The van der Waals surface area contributed by atoms with E-state index in [2.05, 4.69) is 5.32 Å². The molecule has 2 rings (SSSR count). The van der Waals surface area contributed by atoms with E-state index in [1.807, 2.05) is 6.07 Å². The Bertz CT molecular complexity index is 417. The summed E-state index contributed by atoms with van der Waals surface area (Å²) in [5, 5.41) is 3.22. The molecule has 0 aliphatic heterocycles. The molecule has 118 valence electrons. The number of ether oxygens (including phenoxy) is 2. The second kappa shape index (κ2) is 9.00. The minimum atomic E-state index is -0.232. The van der Waals surface area contributed by atoms with Crippen LogP contribution in [0, 0.1) is 5.82 Å². The van der Waals surface area contributed by atoms with Crippen LogP contribution in [-0.2, 0) is 11.3 Å². The third-order valence-corrected chi connectivity index (χ3v) is 3.85. The van der Waals surface area contributed by atoms with Crippen molar-refractivity contribution in [2.45, 2.75) is 51.2 Å². The van der Waals surface area contributed by atoms with Crippen LogP contribution in [0.3, 0.4) is 0 Å². The Hall–Kier alpha value is -1.13. The Morgan fingerprint density at radius 2 is 1.90 bits per heavy atom. The normalized spacial score (nSPS) is 16.7. The van der Waals surface area contributed by atoms with Gasteiger partial charge in [-0.3, -0.25) is 0 Å². The van der Waals surface area contributed by atoms with Crippen molar-refractivity contribution in [1.82, 2.24) is 5.32 Å². The minimum absolute atomic E-state index is 0.232. The zero-order valence-electron chi connectivity index (χ0n) is 12.9. The summed E-state index contributed by atoms with van der Waals surface area (Å²) in [6.45, 7) is 2.04. The average molecular weight is 295 g/mol. The van der Waals surface area contributed by atoms with Crippen molar-refractivity contribution < 1.29 is 13.9 Å². The molecule has 1 fully saturated rings. The van der Waals surface area contributed by atoms with Crippen LogP contribution in [0.5, 0.6) is 5.75 Å². The van der Waals surface area contributed by atoms with Gasteiger partial charge in [-0.1, -0.05) is 12.8 Å². The van der Waals surface area contributed by atoms with Crippen molar-refractivity contribution in [3.63, 3.8) is 0 Å². The predicted molar refractivity (Wildman–Crippen MR) is 82.1 cm³/mol. The van der Waals surface area contributed by atoms with E-state index in [0.717, 1.165) is 24.9 Å². The highest BCUT2D eigenvalue weighted by Gasteiger charge is 2.14. The second-order valence-corrected chi connectivity index (χ2v) is 5.70. The van der Waals surface area contributed by atoms with Crippen LogP contribution in [0.1, 0.15) is 44.1 Å². The second-order valence-electron chi connectivity index (χ2n) is 5.70. The molecule has 3 nitrogen and oxygen atoms in total.